The van der Waals surface area contributed by atoms with Crippen molar-refractivity contribution in [2.24, 2.45) is 0 Å². The van der Waals surface area contributed by atoms with Crippen LogP contribution in [0.5, 0.6) is 0 Å². The lowest BCUT2D eigenvalue weighted by atomic mass is 10.1. The summed E-state index contributed by atoms with van der Waals surface area (Å²) in [6.07, 6.45) is 2.82. The maximum absolute atomic E-state index is 13.3. The Balaban J connectivity index is 2.27. The predicted octanol–water partition coefficient (Wildman–Crippen LogP) is 2.80. The lowest BCUT2D eigenvalue weighted by Gasteiger charge is -2.00. The third kappa shape index (κ3) is 2.43. The van der Waals surface area contributed by atoms with Gasteiger partial charge in [-0.05, 0) is 18.6 Å². The molecular formula is C12H14FN3O. The summed E-state index contributed by atoms with van der Waals surface area (Å²) in [4.78, 5) is 4.20. The number of halogens is 1. The Kier molecular flexibility index (Phi) is 3.37. The van der Waals surface area contributed by atoms with Crippen LogP contribution in [0.15, 0.2) is 22.7 Å². The number of hydrogen-bond acceptors (Lipinski definition) is 4. The van der Waals surface area contributed by atoms with Crippen molar-refractivity contribution in [2.75, 3.05) is 5.73 Å². The molecular weight excluding hydrogens is 221 g/mol. The average molecular weight is 235 g/mol. The van der Waals surface area contributed by atoms with Crippen molar-refractivity contribution in [3.8, 4) is 11.5 Å². The maximum Gasteiger partial charge on any atom is 0.260 e. The van der Waals surface area contributed by atoms with Crippen LogP contribution in [-0.4, -0.2) is 10.1 Å². The first-order chi connectivity index (χ1) is 8.22. The van der Waals surface area contributed by atoms with Gasteiger partial charge in [0.15, 0.2) is 5.82 Å². The summed E-state index contributed by atoms with van der Waals surface area (Å²) in [5, 5.41) is 3.84. The van der Waals surface area contributed by atoms with E-state index < -0.39 is 5.82 Å². The zero-order chi connectivity index (χ0) is 12.3. The van der Waals surface area contributed by atoms with E-state index in [1.165, 1.54) is 6.07 Å². The second kappa shape index (κ2) is 4.95. The molecule has 0 fully saturated rings. The van der Waals surface area contributed by atoms with E-state index >= 15 is 0 Å². The minimum Gasteiger partial charge on any atom is -0.396 e. The monoisotopic (exact) mass is 235 g/mol. The van der Waals surface area contributed by atoms with Crippen LogP contribution in [0.2, 0.25) is 0 Å². The lowest BCUT2D eigenvalue weighted by molar-refractivity contribution is 0.421. The van der Waals surface area contributed by atoms with Crippen molar-refractivity contribution in [1.29, 1.82) is 0 Å². The SMILES string of the molecule is CCCCc1noc(-c2cccc(F)c2N)n1. The van der Waals surface area contributed by atoms with Gasteiger partial charge in [0.1, 0.15) is 5.82 Å². The Labute approximate surface area is 98.6 Å². The molecule has 1 aromatic heterocycles. The van der Waals surface area contributed by atoms with Crippen LogP contribution in [0.1, 0.15) is 25.6 Å². The highest BCUT2D eigenvalue weighted by molar-refractivity contribution is 5.70. The molecule has 17 heavy (non-hydrogen) atoms. The van der Waals surface area contributed by atoms with E-state index in [0.717, 1.165) is 19.3 Å². The van der Waals surface area contributed by atoms with E-state index in [4.69, 9.17) is 10.3 Å². The summed E-state index contributed by atoms with van der Waals surface area (Å²) in [7, 11) is 0. The number of unbranched alkanes of at least 4 members (excludes halogenated alkanes) is 1. The van der Waals surface area contributed by atoms with Crippen molar-refractivity contribution < 1.29 is 8.91 Å². The number of anilines is 1. The highest BCUT2D eigenvalue weighted by Crippen LogP contribution is 2.26. The van der Waals surface area contributed by atoms with E-state index in [9.17, 15) is 4.39 Å². The number of nitrogen functional groups attached to an aromatic ring is 1. The fourth-order valence-corrected chi connectivity index (χ4v) is 1.52. The lowest BCUT2D eigenvalue weighted by Crippen LogP contribution is -1.94. The van der Waals surface area contributed by atoms with Gasteiger partial charge in [-0.15, -0.1) is 0 Å². The number of nitrogens with zero attached hydrogens (tertiary/aromatic N) is 2. The van der Waals surface area contributed by atoms with Crippen molar-refractivity contribution in [1.82, 2.24) is 10.1 Å². The molecule has 0 spiro atoms. The number of benzene rings is 1. The molecule has 2 rings (SSSR count). The Morgan fingerprint density at radius 3 is 3.00 bits per heavy atom. The number of para-hydroxylation sites is 1. The van der Waals surface area contributed by atoms with Crippen LogP contribution < -0.4 is 5.73 Å². The van der Waals surface area contributed by atoms with Crippen LogP contribution in [-0.2, 0) is 6.42 Å². The van der Waals surface area contributed by atoms with Gasteiger partial charge in [0.05, 0.1) is 11.3 Å². The quantitative estimate of drug-likeness (QED) is 0.827. The van der Waals surface area contributed by atoms with Crippen LogP contribution >= 0.6 is 0 Å². The van der Waals surface area contributed by atoms with Gasteiger partial charge in [0.25, 0.3) is 5.89 Å². The van der Waals surface area contributed by atoms with Gasteiger partial charge in [-0.25, -0.2) is 4.39 Å². The van der Waals surface area contributed by atoms with Crippen molar-refractivity contribution >= 4 is 5.69 Å². The van der Waals surface area contributed by atoms with Crippen molar-refractivity contribution in [3.05, 3.63) is 29.8 Å². The van der Waals surface area contributed by atoms with Crippen molar-refractivity contribution in [2.45, 2.75) is 26.2 Å². The summed E-state index contributed by atoms with van der Waals surface area (Å²) in [5.74, 6) is 0.425. The predicted molar refractivity (Wildman–Crippen MR) is 62.7 cm³/mol. The third-order valence-electron chi connectivity index (χ3n) is 2.51. The molecule has 0 saturated heterocycles. The molecule has 5 heteroatoms. The number of nitrogens with two attached hydrogens (primary N) is 1. The van der Waals surface area contributed by atoms with Crippen LogP contribution in [0, 0.1) is 5.82 Å². The first-order valence-electron chi connectivity index (χ1n) is 5.59. The second-order valence-electron chi connectivity index (χ2n) is 3.82. The van der Waals surface area contributed by atoms with Gasteiger partial charge in [0.2, 0.25) is 0 Å². The summed E-state index contributed by atoms with van der Waals surface area (Å²) >= 11 is 0. The molecule has 0 unspecified atom stereocenters. The fourth-order valence-electron chi connectivity index (χ4n) is 1.52. The van der Waals surface area contributed by atoms with Gasteiger partial charge in [-0.1, -0.05) is 24.6 Å². The zero-order valence-corrected chi connectivity index (χ0v) is 9.61. The largest absolute Gasteiger partial charge is 0.396 e. The Bertz CT molecular complexity index is 510. The Morgan fingerprint density at radius 2 is 2.24 bits per heavy atom. The molecule has 2 N–H and O–H groups in total. The van der Waals surface area contributed by atoms with Gasteiger partial charge >= 0.3 is 0 Å². The standard InChI is InChI=1S/C12H14FN3O/c1-2-3-7-10-15-12(17-16-10)8-5-4-6-9(13)11(8)14/h4-6H,2-3,7,14H2,1H3. The molecule has 0 amide bonds. The molecule has 4 nitrogen and oxygen atoms in total. The Morgan fingerprint density at radius 1 is 1.41 bits per heavy atom. The smallest absolute Gasteiger partial charge is 0.260 e. The first kappa shape index (κ1) is 11.6. The molecule has 0 saturated carbocycles. The molecule has 0 radical (unpaired) electrons. The van der Waals surface area contributed by atoms with Crippen molar-refractivity contribution in [3.63, 3.8) is 0 Å². The van der Waals surface area contributed by atoms with Crippen LogP contribution in [0.25, 0.3) is 11.5 Å². The van der Waals surface area contributed by atoms with E-state index in [0.29, 0.717) is 11.4 Å². The summed E-state index contributed by atoms with van der Waals surface area (Å²) in [6, 6.07) is 4.53. The highest BCUT2D eigenvalue weighted by atomic mass is 19.1. The molecule has 1 aromatic carbocycles. The van der Waals surface area contributed by atoms with Gasteiger partial charge in [-0.2, -0.15) is 4.98 Å². The molecule has 0 atom stereocenters. The second-order valence-corrected chi connectivity index (χ2v) is 3.82. The number of aromatic nitrogens is 2. The summed E-state index contributed by atoms with van der Waals surface area (Å²) < 4.78 is 18.3. The molecule has 0 aliphatic rings. The van der Waals surface area contributed by atoms with E-state index in [1.54, 1.807) is 12.1 Å². The minimum atomic E-state index is -0.476. The molecule has 90 valence electrons. The Hall–Kier alpha value is -1.91. The molecule has 1 heterocycles. The van der Waals surface area contributed by atoms with Crippen LogP contribution in [0.3, 0.4) is 0 Å². The third-order valence-corrected chi connectivity index (χ3v) is 2.51. The number of rotatable bonds is 4. The topological polar surface area (TPSA) is 64.9 Å². The van der Waals surface area contributed by atoms with Gasteiger partial charge < -0.3 is 10.3 Å². The van der Waals surface area contributed by atoms with E-state index in [2.05, 4.69) is 17.1 Å². The number of aryl methyl sites for hydroxylation is 1. The van der Waals surface area contributed by atoms with E-state index in [-0.39, 0.29) is 11.6 Å². The molecule has 2 aromatic rings. The summed E-state index contributed by atoms with van der Waals surface area (Å²) in [5.41, 5.74) is 6.11. The normalized spacial score (nSPS) is 10.7. The number of hydrogen-bond donors (Lipinski definition) is 1. The average Bonchev–Trinajstić information content (AvgIpc) is 2.78. The van der Waals surface area contributed by atoms with Crippen LogP contribution in [0.4, 0.5) is 10.1 Å². The maximum atomic E-state index is 13.3. The molecule has 0 bridgehead atoms. The summed E-state index contributed by atoms with van der Waals surface area (Å²) in [6.45, 7) is 2.09. The first-order valence-corrected chi connectivity index (χ1v) is 5.59. The fraction of sp³-hybridized carbons (Fsp3) is 0.333. The highest BCUT2D eigenvalue weighted by Gasteiger charge is 2.13. The van der Waals surface area contributed by atoms with Gasteiger partial charge in [-0.3, -0.25) is 0 Å². The molecule has 0 aliphatic carbocycles. The van der Waals surface area contributed by atoms with Gasteiger partial charge in [0, 0.05) is 6.42 Å². The molecule has 0 aliphatic heterocycles. The zero-order valence-electron chi connectivity index (χ0n) is 9.61. The minimum absolute atomic E-state index is 0.0400. The van der Waals surface area contributed by atoms with E-state index in [1.807, 2.05) is 0 Å².